The highest BCUT2D eigenvalue weighted by Gasteiger charge is 2.65. The van der Waals surface area contributed by atoms with Crippen LogP contribution in [0.4, 0.5) is 15.3 Å². The van der Waals surface area contributed by atoms with Gasteiger partial charge in [0, 0.05) is 50.1 Å². The number of fused-ring (bicyclic) bond motifs is 2. The maximum Gasteiger partial charge on any atom is 0.417 e. The van der Waals surface area contributed by atoms with Gasteiger partial charge in [0.15, 0.2) is 0 Å². The second-order valence-electron chi connectivity index (χ2n) is 19.7. The van der Waals surface area contributed by atoms with E-state index < -0.39 is 36.2 Å². The van der Waals surface area contributed by atoms with E-state index in [1.807, 2.05) is 19.1 Å². The van der Waals surface area contributed by atoms with E-state index in [4.69, 9.17) is 43.2 Å². The molecule has 2 aliphatic heterocycles. The standard InChI is InChI=1S/C57H85N3O12/c1-6-9-10-11-12-13-14-15-16-22-36-68-56(64)60(31-7-2)51-40-48(59-72-52-26-19-23-35-67-52)45-37-41(24-17-20-32-61)44(25-18-21-33-62)53-46-38-43(28-30-49(46)71-57(51,54(45)53)69-34-8-3)70-55(63)58-47-29-27-42(65-4)39-50(47)66-5/h8,27-30,37-39,41,44,51-54,61-62H,3,6-7,9-26,31-36,40H2,1-2,4-5H3,(H,58,63)/t41-,44+,51-,52?,53+,54+,57+/m0/s1. The van der Waals surface area contributed by atoms with E-state index in [1.165, 1.54) is 52.1 Å². The molecular weight excluding hydrogens is 919 g/mol. The molecule has 2 aliphatic carbocycles. The van der Waals surface area contributed by atoms with Gasteiger partial charge in [0.25, 0.3) is 0 Å². The highest BCUT2D eigenvalue weighted by atomic mass is 16.8. The number of nitrogens with zero attached hydrogens (tertiary/aromatic N) is 2. The number of carbonyl (C=O) groups is 2. The molecule has 2 aromatic rings. The number of allylic oxidation sites excluding steroid dienone is 1. The molecule has 1 saturated heterocycles. The molecular formula is C57H85N3O12. The number of hydrogen-bond acceptors (Lipinski definition) is 13. The first-order valence-corrected chi connectivity index (χ1v) is 27.3. The lowest BCUT2D eigenvalue weighted by atomic mass is 9.55. The number of anilines is 1. The van der Waals surface area contributed by atoms with Crippen LogP contribution in [0.5, 0.6) is 23.0 Å². The van der Waals surface area contributed by atoms with Crippen molar-refractivity contribution in [2.75, 3.05) is 59.1 Å². The van der Waals surface area contributed by atoms with E-state index >= 15 is 0 Å². The van der Waals surface area contributed by atoms with Gasteiger partial charge in [-0.3, -0.25) is 10.2 Å². The first kappa shape index (κ1) is 56.5. The van der Waals surface area contributed by atoms with Crippen molar-refractivity contribution in [1.82, 2.24) is 4.90 Å². The number of nitrogens with one attached hydrogen (secondary N) is 1. The molecule has 2 amide bonds. The van der Waals surface area contributed by atoms with E-state index in [-0.39, 0.29) is 44.0 Å². The van der Waals surface area contributed by atoms with Crippen molar-refractivity contribution >= 4 is 23.6 Å². The third-order valence-corrected chi connectivity index (χ3v) is 14.7. The summed E-state index contributed by atoms with van der Waals surface area (Å²) in [7, 11) is 3.07. The van der Waals surface area contributed by atoms with Crippen LogP contribution in [0.15, 0.2) is 65.9 Å². The van der Waals surface area contributed by atoms with Crippen molar-refractivity contribution in [2.24, 2.45) is 22.9 Å². The predicted octanol–water partition coefficient (Wildman–Crippen LogP) is 12.2. The average molecular weight is 1000 g/mol. The molecule has 3 N–H and O–H groups in total. The Morgan fingerprint density at radius 1 is 0.875 bits per heavy atom. The van der Waals surface area contributed by atoms with E-state index in [2.05, 4.69) is 24.9 Å². The van der Waals surface area contributed by atoms with Gasteiger partial charge >= 0.3 is 12.2 Å². The smallest absolute Gasteiger partial charge is 0.417 e. The Labute approximate surface area is 428 Å². The number of methoxy groups -OCH3 is 2. The fourth-order valence-corrected chi connectivity index (χ4v) is 11.2. The Morgan fingerprint density at radius 3 is 2.29 bits per heavy atom. The Kier molecular flexibility index (Phi) is 23.3. The number of unbranched alkanes of at least 4 members (excludes halogenated alkanes) is 11. The number of amides is 2. The number of rotatable bonds is 31. The number of ether oxygens (including phenoxy) is 7. The summed E-state index contributed by atoms with van der Waals surface area (Å²) < 4.78 is 43.6. The van der Waals surface area contributed by atoms with Crippen LogP contribution in [0.1, 0.15) is 160 Å². The molecule has 0 radical (unpaired) electrons. The summed E-state index contributed by atoms with van der Waals surface area (Å²) in [4.78, 5) is 36.5. The third kappa shape index (κ3) is 14.9. The van der Waals surface area contributed by atoms with Gasteiger partial charge < -0.3 is 48.2 Å². The van der Waals surface area contributed by atoms with Crippen LogP contribution in [0.25, 0.3) is 0 Å². The highest BCUT2D eigenvalue weighted by Crippen LogP contribution is 2.62. The summed E-state index contributed by atoms with van der Waals surface area (Å²) in [6, 6.07) is 9.77. The van der Waals surface area contributed by atoms with Crippen LogP contribution in [0.2, 0.25) is 0 Å². The lowest BCUT2D eigenvalue weighted by Gasteiger charge is -2.59. The molecule has 6 rings (SSSR count). The number of aliphatic hydroxyl groups is 2. The molecule has 400 valence electrons. The zero-order valence-electron chi connectivity index (χ0n) is 43.8. The quantitative estimate of drug-likeness (QED) is 0.0371. The van der Waals surface area contributed by atoms with Gasteiger partial charge in [-0.15, -0.1) is 6.58 Å². The third-order valence-electron chi connectivity index (χ3n) is 14.7. The predicted molar refractivity (Wildman–Crippen MR) is 279 cm³/mol. The zero-order chi connectivity index (χ0) is 51.1. The van der Waals surface area contributed by atoms with Gasteiger partial charge in [-0.1, -0.05) is 102 Å². The second kappa shape index (κ2) is 29.8. The normalized spacial score (nSPS) is 23.7. The van der Waals surface area contributed by atoms with Gasteiger partial charge in [0.1, 0.15) is 29.0 Å². The van der Waals surface area contributed by atoms with Gasteiger partial charge in [0.2, 0.25) is 12.1 Å². The SMILES string of the molecule is C=CCO[C@@]12Oc3ccc(OC(=O)Nc4ccc(OC)cc4OC)cc3[C@H]3[C@H](CCCCO)[C@@H](CCCCO)C=C(C(=NOC4CCCCO4)C[C@@H]1N(CCC)C(=O)OCCCCCCCCCCCC)[C@H]32. The van der Waals surface area contributed by atoms with Crippen molar-refractivity contribution in [2.45, 2.75) is 173 Å². The molecule has 15 nitrogen and oxygen atoms in total. The summed E-state index contributed by atoms with van der Waals surface area (Å²) in [6.07, 6.45) is 21.9. The van der Waals surface area contributed by atoms with Crippen LogP contribution in [-0.2, 0) is 19.0 Å². The maximum atomic E-state index is 14.7. The summed E-state index contributed by atoms with van der Waals surface area (Å²) in [5.41, 5.74) is 2.81. The molecule has 72 heavy (non-hydrogen) atoms. The molecule has 15 heteroatoms. The fourth-order valence-electron chi connectivity index (χ4n) is 11.2. The Balaban J connectivity index is 1.41. The van der Waals surface area contributed by atoms with Crippen LogP contribution in [-0.4, -0.2) is 105 Å². The molecule has 2 fully saturated rings. The molecule has 1 saturated carbocycles. The van der Waals surface area contributed by atoms with E-state index in [1.54, 1.807) is 42.4 Å². The highest BCUT2D eigenvalue weighted by molar-refractivity contribution is 6.03. The van der Waals surface area contributed by atoms with Crippen molar-refractivity contribution < 1.29 is 57.8 Å². The Morgan fingerprint density at radius 2 is 1.61 bits per heavy atom. The molecule has 0 bridgehead atoms. The molecule has 2 heterocycles. The minimum atomic E-state index is -1.46. The number of hydrogen-bond donors (Lipinski definition) is 3. The molecule has 1 unspecified atom stereocenters. The number of carbonyl (C=O) groups excluding carboxylic acids is 2. The summed E-state index contributed by atoms with van der Waals surface area (Å²) in [5, 5.41) is 27.9. The van der Waals surface area contributed by atoms with Gasteiger partial charge in [-0.05, 0) is 99.1 Å². The summed E-state index contributed by atoms with van der Waals surface area (Å²) in [5.74, 6) is -0.535. The molecule has 0 spiro atoms. The first-order chi connectivity index (χ1) is 35.2. The number of aliphatic hydroxyl groups excluding tert-OH is 2. The van der Waals surface area contributed by atoms with Gasteiger partial charge in [-0.2, -0.15) is 0 Å². The van der Waals surface area contributed by atoms with Crippen molar-refractivity contribution in [3.63, 3.8) is 0 Å². The molecule has 4 aliphatic rings. The second-order valence-corrected chi connectivity index (χ2v) is 19.7. The van der Waals surface area contributed by atoms with Crippen LogP contribution in [0.3, 0.4) is 0 Å². The van der Waals surface area contributed by atoms with E-state index in [0.29, 0.717) is 79.8 Å². The van der Waals surface area contributed by atoms with Crippen molar-refractivity contribution in [1.29, 1.82) is 0 Å². The topological polar surface area (TPSA) is 176 Å². The minimum absolute atomic E-state index is 0.00964. The van der Waals surface area contributed by atoms with E-state index in [9.17, 15) is 19.8 Å². The van der Waals surface area contributed by atoms with E-state index in [0.717, 1.165) is 68.9 Å². The average Bonchev–Trinajstić information content (AvgIpc) is 3.39. The Bertz CT molecular complexity index is 2060. The summed E-state index contributed by atoms with van der Waals surface area (Å²) in [6.45, 7) is 9.87. The van der Waals surface area contributed by atoms with Crippen LogP contribution in [0, 0.1) is 17.8 Å². The minimum Gasteiger partial charge on any atom is -0.497 e. The lowest BCUT2D eigenvalue weighted by molar-refractivity contribution is -0.255. The zero-order valence-corrected chi connectivity index (χ0v) is 43.8. The number of oxime groups is 1. The van der Waals surface area contributed by atoms with Crippen LogP contribution >= 0.6 is 0 Å². The first-order valence-electron chi connectivity index (χ1n) is 27.3. The van der Waals surface area contributed by atoms with Gasteiger partial charge in [-0.25, -0.2) is 9.59 Å². The van der Waals surface area contributed by atoms with Crippen molar-refractivity contribution in [3.05, 3.63) is 66.3 Å². The maximum absolute atomic E-state index is 14.7. The molecule has 0 aromatic heterocycles. The largest absolute Gasteiger partial charge is 0.497 e. The summed E-state index contributed by atoms with van der Waals surface area (Å²) >= 11 is 0. The molecule has 7 atom stereocenters. The number of benzene rings is 2. The fraction of sp³-hybridized carbons (Fsp3) is 0.667. The van der Waals surface area contributed by atoms with Gasteiger partial charge in [0.05, 0.1) is 51.4 Å². The van der Waals surface area contributed by atoms with Crippen molar-refractivity contribution in [3.8, 4) is 23.0 Å². The van der Waals surface area contributed by atoms with Crippen LogP contribution < -0.4 is 24.3 Å². The molecule has 2 aromatic carbocycles. The Hall–Kier alpha value is -4.83. The lowest BCUT2D eigenvalue weighted by Crippen LogP contribution is -2.70. The monoisotopic (exact) mass is 1000 g/mol.